The number of nitrogens with one attached hydrogen (secondary N) is 1. The third-order valence-electron chi connectivity index (χ3n) is 10.1. The topological polar surface area (TPSA) is 189 Å². The Kier molecular flexibility index (Phi) is 31.7. The number of carbonyl (C=O) groups is 1. The highest BCUT2D eigenvalue weighted by atomic mass is 16.7. The molecule has 320 valence electrons. The Morgan fingerprint density at radius 1 is 0.618 bits per heavy atom. The van der Waals surface area contributed by atoms with Gasteiger partial charge in [-0.05, 0) is 83.5 Å². The second-order valence-corrected chi connectivity index (χ2v) is 15.0. The van der Waals surface area contributed by atoms with Gasteiger partial charge in [0.1, 0.15) is 36.6 Å². The van der Waals surface area contributed by atoms with E-state index in [1.165, 1.54) is 51.4 Å². The van der Waals surface area contributed by atoms with Gasteiger partial charge in [0.25, 0.3) is 0 Å². The number of hydrogen-bond acceptors (Lipinski definition) is 10. The number of ether oxygens (including phenoxy) is 2. The van der Waals surface area contributed by atoms with E-state index >= 15 is 0 Å². The molecule has 1 heterocycles. The zero-order chi connectivity index (χ0) is 40.5. The monoisotopic (exact) mass is 782 g/mol. The Morgan fingerprint density at radius 3 is 1.65 bits per heavy atom. The zero-order valence-corrected chi connectivity index (χ0v) is 34.1. The number of unbranched alkanes of at least 4 members (excludes halogenated alkanes) is 14. The molecule has 55 heavy (non-hydrogen) atoms. The quantitative estimate of drug-likeness (QED) is 0.0275. The van der Waals surface area contributed by atoms with E-state index in [-0.39, 0.29) is 12.8 Å². The van der Waals surface area contributed by atoms with E-state index < -0.39 is 74.2 Å². The molecule has 1 aliphatic rings. The molecule has 1 aliphatic heterocycles. The summed E-state index contributed by atoms with van der Waals surface area (Å²) >= 11 is 0. The summed E-state index contributed by atoms with van der Waals surface area (Å²) in [5.41, 5.74) is 0. The van der Waals surface area contributed by atoms with E-state index in [9.17, 15) is 40.5 Å². The van der Waals surface area contributed by atoms with Crippen LogP contribution in [0, 0.1) is 0 Å². The van der Waals surface area contributed by atoms with Crippen LogP contribution in [-0.4, -0.2) is 110 Å². The number of carbonyl (C=O) groups excluding carboxylic acids is 1. The molecule has 0 saturated carbocycles. The molecule has 0 aromatic heterocycles. The van der Waals surface area contributed by atoms with E-state index in [2.05, 4.69) is 67.8 Å². The van der Waals surface area contributed by atoms with Crippen LogP contribution in [0.25, 0.3) is 0 Å². The summed E-state index contributed by atoms with van der Waals surface area (Å²) in [6.07, 6.45) is 27.4. The van der Waals surface area contributed by atoms with Gasteiger partial charge in [0.05, 0.1) is 25.4 Å². The van der Waals surface area contributed by atoms with E-state index in [1.807, 2.05) is 0 Å². The van der Waals surface area contributed by atoms with Crippen LogP contribution < -0.4 is 5.32 Å². The molecule has 9 atom stereocenters. The van der Waals surface area contributed by atoms with Gasteiger partial charge < -0.3 is 50.5 Å². The molecule has 0 aliphatic carbocycles. The molecule has 9 unspecified atom stereocenters. The first-order valence-electron chi connectivity index (χ1n) is 21.5. The first-order chi connectivity index (χ1) is 26.7. The van der Waals surface area contributed by atoms with Crippen molar-refractivity contribution >= 4 is 5.91 Å². The molecular weight excluding hydrogens is 702 g/mol. The van der Waals surface area contributed by atoms with Crippen molar-refractivity contribution in [2.75, 3.05) is 13.2 Å². The molecule has 1 amide bonds. The molecule has 0 aromatic rings. The number of allylic oxidation sites excluding steroid dienone is 8. The van der Waals surface area contributed by atoms with Gasteiger partial charge in [0.2, 0.25) is 5.91 Å². The molecule has 1 fully saturated rings. The third-order valence-corrected chi connectivity index (χ3v) is 10.1. The molecular formula is C44H79NO10. The number of aliphatic hydroxyl groups excluding tert-OH is 7. The lowest BCUT2D eigenvalue weighted by Crippen LogP contribution is -2.60. The highest BCUT2D eigenvalue weighted by Crippen LogP contribution is 2.23. The maximum absolute atomic E-state index is 13.0. The fraction of sp³-hybridized carbons (Fsp3) is 0.795. The summed E-state index contributed by atoms with van der Waals surface area (Å²) in [4.78, 5) is 13.0. The number of aliphatic hydroxyl groups is 7. The average molecular weight is 782 g/mol. The highest BCUT2D eigenvalue weighted by molar-refractivity contribution is 5.80. The van der Waals surface area contributed by atoms with Crippen LogP contribution in [0.5, 0.6) is 0 Å². The van der Waals surface area contributed by atoms with Crippen LogP contribution in [0.1, 0.15) is 155 Å². The molecule has 0 spiro atoms. The van der Waals surface area contributed by atoms with Gasteiger partial charge in [-0.15, -0.1) is 0 Å². The van der Waals surface area contributed by atoms with Crippen LogP contribution in [0.3, 0.4) is 0 Å². The predicted octanol–water partition coefficient (Wildman–Crippen LogP) is 6.22. The zero-order valence-electron chi connectivity index (χ0n) is 34.1. The summed E-state index contributed by atoms with van der Waals surface area (Å²) < 4.78 is 11.0. The highest BCUT2D eigenvalue weighted by Gasteiger charge is 2.44. The van der Waals surface area contributed by atoms with E-state index in [0.717, 1.165) is 57.8 Å². The molecule has 8 N–H and O–H groups in total. The van der Waals surface area contributed by atoms with Crippen molar-refractivity contribution in [3.63, 3.8) is 0 Å². The Labute approximate surface area is 332 Å². The molecule has 1 rings (SSSR count). The average Bonchev–Trinajstić information content (AvgIpc) is 3.18. The van der Waals surface area contributed by atoms with Crippen LogP contribution in [0.15, 0.2) is 48.6 Å². The summed E-state index contributed by atoms with van der Waals surface area (Å²) in [6.45, 7) is 3.32. The van der Waals surface area contributed by atoms with Crippen LogP contribution in [0.4, 0.5) is 0 Å². The van der Waals surface area contributed by atoms with Crippen molar-refractivity contribution in [2.45, 2.75) is 210 Å². The van der Waals surface area contributed by atoms with Gasteiger partial charge in [0.15, 0.2) is 6.29 Å². The smallest absolute Gasteiger partial charge is 0.249 e. The normalized spacial score (nSPS) is 23.0. The lowest BCUT2D eigenvalue weighted by molar-refractivity contribution is -0.303. The lowest BCUT2D eigenvalue weighted by Gasteiger charge is -2.40. The Bertz CT molecular complexity index is 1030. The largest absolute Gasteiger partial charge is 0.394 e. The van der Waals surface area contributed by atoms with E-state index in [1.54, 1.807) is 0 Å². The number of rotatable bonds is 34. The lowest BCUT2D eigenvalue weighted by atomic mass is 9.98. The van der Waals surface area contributed by atoms with Gasteiger partial charge in [-0.2, -0.15) is 0 Å². The molecule has 0 aromatic carbocycles. The van der Waals surface area contributed by atoms with Crippen molar-refractivity contribution in [3.05, 3.63) is 48.6 Å². The Hall–Kier alpha value is -1.93. The van der Waals surface area contributed by atoms with Crippen LogP contribution >= 0.6 is 0 Å². The maximum Gasteiger partial charge on any atom is 0.249 e. The number of amides is 1. The minimum atomic E-state index is -1.67. The second kappa shape index (κ2) is 34.1. The minimum absolute atomic E-state index is 0.232. The summed E-state index contributed by atoms with van der Waals surface area (Å²) in [5, 5.41) is 75.3. The predicted molar refractivity (Wildman–Crippen MR) is 219 cm³/mol. The fourth-order valence-corrected chi connectivity index (χ4v) is 6.39. The molecule has 0 bridgehead atoms. The first kappa shape index (κ1) is 51.1. The van der Waals surface area contributed by atoms with E-state index in [0.29, 0.717) is 19.3 Å². The van der Waals surface area contributed by atoms with Gasteiger partial charge in [-0.3, -0.25) is 4.79 Å². The fourth-order valence-electron chi connectivity index (χ4n) is 6.39. The first-order valence-corrected chi connectivity index (χ1v) is 21.5. The van der Waals surface area contributed by atoms with Gasteiger partial charge in [-0.25, -0.2) is 0 Å². The summed E-state index contributed by atoms with van der Waals surface area (Å²) in [7, 11) is 0. The van der Waals surface area contributed by atoms with Crippen molar-refractivity contribution in [2.24, 2.45) is 0 Å². The van der Waals surface area contributed by atoms with Crippen molar-refractivity contribution < 1.29 is 50.0 Å². The van der Waals surface area contributed by atoms with Crippen LogP contribution in [0.2, 0.25) is 0 Å². The standard InChI is InChI=1S/C44H79NO10/c1-3-5-7-9-11-13-15-16-17-18-19-20-21-22-24-25-27-29-31-36(47)39(49)35(34-54-44-42(52)41(51)40(50)38(33-46)55-44)45-43(53)37(48)32-30-28-26-23-14-12-10-8-6-4-2/h10,12,15-16,19-20,24-25,35-42,44,46-52H,3-9,11,13-14,17-18,21-23,26-34H2,1-2H3,(H,45,53)/b12-10-,16-15+,20-19+,25-24+. The van der Waals surface area contributed by atoms with Gasteiger partial charge in [-0.1, -0.05) is 120 Å². The van der Waals surface area contributed by atoms with E-state index in [4.69, 9.17) is 9.47 Å². The van der Waals surface area contributed by atoms with Crippen molar-refractivity contribution in [1.29, 1.82) is 0 Å². The SMILES string of the molecule is CCCC/C=C\CCCCCCC(O)C(=O)NC(COC1OC(CO)C(O)C(O)C1O)C(O)C(O)CCC/C=C/CC/C=C/CC/C=C/CCCCCCC. The maximum atomic E-state index is 13.0. The van der Waals surface area contributed by atoms with Crippen molar-refractivity contribution in [3.8, 4) is 0 Å². The number of hydrogen-bond donors (Lipinski definition) is 8. The second-order valence-electron chi connectivity index (χ2n) is 15.0. The molecule has 1 saturated heterocycles. The summed E-state index contributed by atoms with van der Waals surface area (Å²) in [6, 6.07) is -1.20. The molecule has 11 heteroatoms. The molecule has 11 nitrogen and oxygen atoms in total. The van der Waals surface area contributed by atoms with Crippen LogP contribution in [-0.2, 0) is 14.3 Å². The summed E-state index contributed by atoms with van der Waals surface area (Å²) in [5.74, 6) is -0.728. The third kappa shape index (κ3) is 24.4. The van der Waals surface area contributed by atoms with Gasteiger partial charge in [0, 0.05) is 0 Å². The van der Waals surface area contributed by atoms with Crippen molar-refractivity contribution in [1.82, 2.24) is 5.32 Å². The Morgan fingerprint density at radius 2 is 1.11 bits per heavy atom. The Balaban J connectivity index is 2.54. The minimum Gasteiger partial charge on any atom is -0.394 e. The van der Waals surface area contributed by atoms with Gasteiger partial charge >= 0.3 is 0 Å². The molecule has 0 radical (unpaired) electrons.